The Morgan fingerprint density at radius 1 is 0.929 bits per heavy atom. The molecule has 0 atom stereocenters. The van der Waals surface area contributed by atoms with Crippen LogP contribution >= 0.6 is 0 Å². The highest BCUT2D eigenvalue weighted by Gasteiger charge is 2.12. The molecule has 0 radical (unpaired) electrons. The summed E-state index contributed by atoms with van der Waals surface area (Å²) in [5.41, 5.74) is 2.60. The molecule has 0 unspecified atom stereocenters. The Hall–Kier alpha value is -3.93. The first-order valence-corrected chi connectivity index (χ1v) is 8.64. The molecule has 0 aliphatic rings. The minimum absolute atomic E-state index is 0.170. The number of carboxylic acids is 1. The number of aromatic nitrogens is 2. The van der Waals surface area contributed by atoms with Gasteiger partial charge in [0.05, 0.1) is 5.56 Å². The molecule has 28 heavy (non-hydrogen) atoms. The van der Waals surface area contributed by atoms with Gasteiger partial charge in [-0.15, -0.1) is 0 Å². The fourth-order valence-corrected chi connectivity index (χ4v) is 2.68. The molecule has 0 fully saturated rings. The highest BCUT2D eigenvalue weighted by molar-refractivity contribution is 5.89. The summed E-state index contributed by atoms with van der Waals surface area (Å²) in [7, 11) is 0. The van der Waals surface area contributed by atoms with E-state index in [0.29, 0.717) is 23.9 Å². The van der Waals surface area contributed by atoms with Crippen LogP contribution in [0.1, 0.15) is 15.9 Å². The van der Waals surface area contributed by atoms with Gasteiger partial charge in [0, 0.05) is 11.1 Å². The summed E-state index contributed by atoms with van der Waals surface area (Å²) in [5.74, 6) is 0.422. The summed E-state index contributed by atoms with van der Waals surface area (Å²) in [6, 6.07) is 23.7. The number of hydrogen-bond acceptors (Lipinski definition) is 5. The predicted molar refractivity (Wildman–Crippen MR) is 103 cm³/mol. The van der Waals surface area contributed by atoms with Crippen LogP contribution < -0.4 is 4.74 Å². The Morgan fingerprint density at radius 3 is 2.46 bits per heavy atom. The molecule has 6 nitrogen and oxygen atoms in total. The van der Waals surface area contributed by atoms with E-state index in [9.17, 15) is 4.79 Å². The molecule has 1 aromatic heterocycles. The largest absolute Gasteiger partial charge is 0.489 e. The van der Waals surface area contributed by atoms with Crippen LogP contribution in [0.4, 0.5) is 0 Å². The van der Waals surface area contributed by atoms with Gasteiger partial charge in [0.25, 0.3) is 5.89 Å². The third kappa shape index (κ3) is 3.91. The second kappa shape index (κ2) is 7.75. The van der Waals surface area contributed by atoms with E-state index in [1.165, 1.54) is 12.1 Å². The van der Waals surface area contributed by atoms with Crippen LogP contribution in [0.3, 0.4) is 0 Å². The van der Waals surface area contributed by atoms with Gasteiger partial charge < -0.3 is 14.4 Å². The molecule has 6 heteroatoms. The summed E-state index contributed by atoms with van der Waals surface area (Å²) < 4.78 is 11.1. The van der Waals surface area contributed by atoms with Crippen molar-refractivity contribution < 1.29 is 19.2 Å². The molecule has 1 heterocycles. The van der Waals surface area contributed by atoms with Crippen molar-refractivity contribution in [2.24, 2.45) is 0 Å². The quantitative estimate of drug-likeness (QED) is 0.529. The van der Waals surface area contributed by atoms with Crippen LogP contribution in [0.15, 0.2) is 83.4 Å². The van der Waals surface area contributed by atoms with Crippen LogP contribution in [0, 0.1) is 0 Å². The van der Waals surface area contributed by atoms with Crippen LogP contribution in [0.5, 0.6) is 5.75 Å². The van der Waals surface area contributed by atoms with Gasteiger partial charge in [-0.25, -0.2) is 4.79 Å². The monoisotopic (exact) mass is 372 g/mol. The molecule has 0 saturated carbocycles. The fraction of sp³-hybridized carbons (Fsp3) is 0.0455. The van der Waals surface area contributed by atoms with Crippen LogP contribution in [-0.2, 0) is 6.61 Å². The van der Waals surface area contributed by atoms with E-state index in [1.807, 2.05) is 54.6 Å². The van der Waals surface area contributed by atoms with Crippen molar-refractivity contribution in [3.8, 4) is 28.6 Å². The lowest BCUT2D eigenvalue weighted by Gasteiger charge is -2.06. The highest BCUT2D eigenvalue weighted by atomic mass is 16.5. The maximum atomic E-state index is 11.1. The highest BCUT2D eigenvalue weighted by Crippen LogP contribution is 2.25. The molecule has 138 valence electrons. The molecule has 0 amide bonds. The van der Waals surface area contributed by atoms with Gasteiger partial charge in [-0.2, -0.15) is 4.98 Å². The molecule has 0 aliphatic heterocycles. The van der Waals surface area contributed by atoms with E-state index in [2.05, 4.69) is 10.1 Å². The molecule has 0 spiro atoms. The molecule has 1 N–H and O–H groups in total. The number of rotatable bonds is 6. The minimum atomic E-state index is -1.00. The molecule has 4 aromatic rings. The summed E-state index contributed by atoms with van der Waals surface area (Å²) >= 11 is 0. The predicted octanol–water partition coefficient (Wildman–Crippen LogP) is 4.68. The zero-order valence-electron chi connectivity index (χ0n) is 14.8. The standard InChI is InChI=1S/C22H16N2O4/c25-22(26)18-8-4-7-17(13-18)20-23-21(28-24-20)16-9-11-19(12-10-16)27-14-15-5-2-1-3-6-15/h1-13H,14H2,(H,25,26). The van der Waals surface area contributed by atoms with Gasteiger partial charge >= 0.3 is 5.97 Å². The smallest absolute Gasteiger partial charge is 0.335 e. The topological polar surface area (TPSA) is 85.5 Å². The van der Waals surface area contributed by atoms with Gasteiger partial charge in [0.1, 0.15) is 12.4 Å². The second-order valence-corrected chi connectivity index (χ2v) is 6.11. The van der Waals surface area contributed by atoms with Gasteiger partial charge in [0.15, 0.2) is 0 Å². The molecule has 0 aliphatic carbocycles. The molecule has 0 saturated heterocycles. The van der Waals surface area contributed by atoms with E-state index >= 15 is 0 Å². The number of aromatic carboxylic acids is 1. The van der Waals surface area contributed by atoms with E-state index in [0.717, 1.165) is 16.9 Å². The Labute approximate surface area is 161 Å². The fourth-order valence-electron chi connectivity index (χ4n) is 2.68. The van der Waals surface area contributed by atoms with Crippen molar-refractivity contribution in [2.75, 3.05) is 0 Å². The average Bonchev–Trinajstić information content (AvgIpc) is 3.24. The van der Waals surface area contributed by atoms with Gasteiger partial charge in [-0.05, 0) is 42.0 Å². The Bertz CT molecular complexity index is 1090. The molecule has 0 bridgehead atoms. The zero-order valence-corrected chi connectivity index (χ0v) is 14.8. The van der Waals surface area contributed by atoms with E-state index in [-0.39, 0.29) is 5.56 Å². The number of benzene rings is 3. The first kappa shape index (κ1) is 17.5. The molecule has 3 aromatic carbocycles. The van der Waals surface area contributed by atoms with Crippen molar-refractivity contribution in [1.29, 1.82) is 0 Å². The first-order chi connectivity index (χ1) is 13.7. The Morgan fingerprint density at radius 2 is 1.71 bits per heavy atom. The van der Waals surface area contributed by atoms with E-state index < -0.39 is 5.97 Å². The average molecular weight is 372 g/mol. The summed E-state index contributed by atoms with van der Waals surface area (Å²) in [4.78, 5) is 15.5. The third-order valence-electron chi connectivity index (χ3n) is 4.14. The summed E-state index contributed by atoms with van der Waals surface area (Å²) in [6.45, 7) is 0.491. The van der Waals surface area contributed by atoms with E-state index in [1.54, 1.807) is 12.1 Å². The van der Waals surface area contributed by atoms with Crippen LogP contribution in [0.25, 0.3) is 22.8 Å². The lowest BCUT2D eigenvalue weighted by Crippen LogP contribution is -1.96. The Balaban J connectivity index is 1.48. The van der Waals surface area contributed by atoms with E-state index in [4.69, 9.17) is 14.4 Å². The number of carbonyl (C=O) groups is 1. The second-order valence-electron chi connectivity index (χ2n) is 6.11. The maximum absolute atomic E-state index is 11.1. The normalized spacial score (nSPS) is 10.6. The van der Waals surface area contributed by atoms with Crippen LogP contribution in [0.2, 0.25) is 0 Å². The lowest BCUT2D eigenvalue weighted by molar-refractivity contribution is 0.0697. The molecular formula is C22H16N2O4. The third-order valence-corrected chi connectivity index (χ3v) is 4.14. The van der Waals surface area contributed by atoms with Gasteiger partial charge in [-0.1, -0.05) is 47.6 Å². The molecular weight excluding hydrogens is 356 g/mol. The van der Waals surface area contributed by atoms with Gasteiger partial charge in [-0.3, -0.25) is 0 Å². The number of ether oxygens (including phenoxy) is 1. The van der Waals surface area contributed by atoms with Crippen molar-refractivity contribution in [3.63, 3.8) is 0 Å². The zero-order chi connectivity index (χ0) is 19.3. The summed E-state index contributed by atoms with van der Waals surface area (Å²) in [6.07, 6.45) is 0. The van der Waals surface area contributed by atoms with Gasteiger partial charge in [0.2, 0.25) is 5.82 Å². The van der Waals surface area contributed by atoms with Crippen molar-refractivity contribution >= 4 is 5.97 Å². The first-order valence-electron chi connectivity index (χ1n) is 8.64. The number of carboxylic acid groups (broad SMARTS) is 1. The summed E-state index contributed by atoms with van der Waals surface area (Å²) in [5, 5.41) is 13.1. The van der Waals surface area contributed by atoms with Crippen LogP contribution in [-0.4, -0.2) is 21.2 Å². The Kier molecular flexibility index (Phi) is 4.84. The minimum Gasteiger partial charge on any atom is -0.489 e. The SMILES string of the molecule is O=C(O)c1cccc(-c2noc(-c3ccc(OCc4ccccc4)cc3)n2)c1. The molecule has 4 rings (SSSR count). The maximum Gasteiger partial charge on any atom is 0.335 e. The van der Waals surface area contributed by atoms with Crippen molar-refractivity contribution in [1.82, 2.24) is 10.1 Å². The number of hydrogen-bond donors (Lipinski definition) is 1. The van der Waals surface area contributed by atoms with Crippen molar-refractivity contribution in [2.45, 2.75) is 6.61 Å². The lowest BCUT2D eigenvalue weighted by atomic mass is 10.1. The number of nitrogens with zero attached hydrogens (tertiary/aromatic N) is 2. The van der Waals surface area contributed by atoms with Crippen molar-refractivity contribution in [3.05, 3.63) is 90.0 Å².